The fraction of sp³-hybridized carbons (Fsp3) is 0.455. The van der Waals surface area contributed by atoms with Gasteiger partial charge in [0.1, 0.15) is 4.90 Å². The Kier molecular flexibility index (Phi) is 6.43. The van der Waals surface area contributed by atoms with Gasteiger partial charge in [-0.3, -0.25) is 10.1 Å². The average Bonchev–Trinajstić information content (AvgIpc) is 3.34. The van der Waals surface area contributed by atoms with Crippen LogP contribution in [0.15, 0.2) is 47.4 Å². The summed E-state index contributed by atoms with van der Waals surface area (Å²) >= 11 is 0. The summed E-state index contributed by atoms with van der Waals surface area (Å²) < 4.78 is 27.8. The molecule has 0 unspecified atom stereocenters. The number of non-ortho nitro benzene ring substituents is 1. The molecule has 2 aliphatic rings. The molecule has 2 fully saturated rings. The average molecular weight is 445 g/mol. The van der Waals surface area contributed by atoms with E-state index in [0.717, 1.165) is 37.2 Å². The molecule has 0 saturated carbocycles. The van der Waals surface area contributed by atoms with E-state index in [0.29, 0.717) is 25.3 Å². The lowest BCUT2D eigenvalue weighted by molar-refractivity contribution is -0.385. The number of nitro benzene ring substituents is 1. The van der Waals surface area contributed by atoms with E-state index in [-0.39, 0.29) is 10.6 Å². The van der Waals surface area contributed by atoms with Crippen LogP contribution in [0.5, 0.6) is 0 Å². The molecule has 0 radical (unpaired) electrons. The number of anilines is 2. The normalized spacial score (nSPS) is 17.6. The first-order valence-electron chi connectivity index (χ1n) is 10.8. The van der Waals surface area contributed by atoms with Crippen LogP contribution in [0.25, 0.3) is 0 Å². The summed E-state index contributed by atoms with van der Waals surface area (Å²) in [4.78, 5) is 13.1. The topological polar surface area (TPSA) is 95.8 Å². The number of nitro groups is 1. The van der Waals surface area contributed by atoms with Gasteiger partial charge in [0, 0.05) is 50.5 Å². The Bertz CT molecular complexity index is 1050. The third-order valence-electron chi connectivity index (χ3n) is 6.02. The van der Waals surface area contributed by atoms with Crippen LogP contribution < -0.4 is 10.2 Å². The van der Waals surface area contributed by atoms with Crippen molar-refractivity contribution in [1.82, 2.24) is 4.31 Å². The van der Waals surface area contributed by atoms with Gasteiger partial charge in [-0.05, 0) is 49.8 Å². The molecule has 0 spiro atoms. The number of nitrogens with one attached hydrogen (secondary N) is 1. The highest BCUT2D eigenvalue weighted by atomic mass is 32.2. The highest BCUT2D eigenvalue weighted by Crippen LogP contribution is 2.32. The van der Waals surface area contributed by atoms with Crippen molar-refractivity contribution in [3.8, 4) is 0 Å². The fourth-order valence-corrected chi connectivity index (χ4v) is 6.05. The Morgan fingerprint density at radius 3 is 2.32 bits per heavy atom. The maximum atomic E-state index is 13.2. The van der Waals surface area contributed by atoms with Gasteiger partial charge in [0.25, 0.3) is 5.69 Å². The molecule has 2 heterocycles. The summed E-state index contributed by atoms with van der Waals surface area (Å²) in [5, 5.41) is 14.5. The van der Waals surface area contributed by atoms with Gasteiger partial charge >= 0.3 is 0 Å². The van der Waals surface area contributed by atoms with Crippen LogP contribution in [0.2, 0.25) is 0 Å². The molecule has 8 nitrogen and oxygen atoms in total. The van der Waals surface area contributed by atoms with E-state index in [1.165, 1.54) is 41.8 Å². The van der Waals surface area contributed by atoms with E-state index in [2.05, 4.69) is 16.3 Å². The zero-order chi connectivity index (χ0) is 21.8. The summed E-state index contributed by atoms with van der Waals surface area (Å²) in [7, 11) is -3.80. The van der Waals surface area contributed by atoms with E-state index in [4.69, 9.17) is 0 Å². The summed E-state index contributed by atoms with van der Waals surface area (Å²) in [5.41, 5.74) is 2.40. The first-order chi connectivity index (χ1) is 15.0. The fourth-order valence-electron chi connectivity index (χ4n) is 4.35. The number of rotatable bonds is 7. The zero-order valence-electron chi connectivity index (χ0n) is 17.5. The molecule has 2 aromatic rings. The molecular formula is C22H28N4O4S. The minimum atomic E-state index is -3.80. The second-order valence-corrected chi connectivity index (χ2v) is 9.99. The van der Waals surface area contributed by atoms with Gasteiger partial charge in [0.2, 0.25) is 10.0 Å². The lowest BCUT2D eigenvalue weighted by atomic mass is 10.1. The molecule has 166 valence electrons. The quantitative estimate of drug-likeness (QED) is 0.513. The van der Waals surface area contributed by atoms with Crippen molar-refractivity contribution in [1.29, 1.82) is 0 Å². The third kappa shape index (κ3) is 4.67. The molecule has 0 aromatic heterocycles. The van der Waals surface area contributed by atoms with E-state index in [1.54, 1.807) is 0 Å². The van der Waals surface area contributed by atoms with Crippen LogP contribution in [-0.2, 0) is 16.6 Å². The molecule has 31 heavy (non-hydrogen) atoms. The van der Waals surface area contributed by atoms with Gasteiger partial charge in [-0.25, -0.2) is 8.42 Å². The van der Waals surface area contributed by atoms with Crippen LogP contribution in [0.3, 0.4) is 0 Å². The van der Waals surface area contributed by atoms with Crippen molar-refractivity contribution < 1.29 is 13.3 Å². The number of benzene rings is 2. The van der Waals surface area contributed by atoms with Gasteiger partial charge in [-0.2, -0.15) is 4.31 Å². The third-order valence-corrected chi connectivity index (χ3v) is 7.96. The van der Waals surface area contributed by atoms with Crippen molar-refractivity contribution in [2.24, 2.45) is 0 Å². The van der Waals surface area contributed by atoms with Gasteiger partial charge < -0.3 is 10.2 Å². The molecule has 9 heteroatoms. The van der Waals surface area contributed by atoms with Crippen LogP contribution in [0.1, 0.15) is 37.7 Å². The minimum absolute atomic E-state index is 0.0287. The molecule has 2 aromatic carbocycles. The SMILES string of the molecule is O=[N+]([O-])c1ccc(NCc2ccccc2N2CCCCC2)c(S(=O)(=O)N2CCCC2)c1. The van der Waals surface area contributed by atoms with E-state index in [9.17, 15) is 18.5 Å². The predicted molar refractivity (Wildman–Crippen MR) is 121 cm³/mol. The van der Waals surface area contributed by atoms with E-state index in [1.807, 2.05) is 18.2 Å². The summed E-state index contributed by atoms with van der Waals surface area (Å²) in [6.07, 6.45) is 5.20. The van der Waals surface area contributed by atoms with Crippen LogP contribution in [0.4, 0.5) is 17.1 Å². The van der Waals surface area contributed by atoms with Crippen LogP contribution in [-0.4, -0.2) is 43.8 Å². The number of hydrogen-bond acceptors (Lipinski definition) is 6. The van der Waals surface area contributed by atoms with Crippen molar-refractivity contribution >= 4 is 27.1 Å². The number of nitrogens with zero attached hydrogens (tertiary/aromatic N) is 3. The zero-order valence-corrected chi connectivity index (χ0v) is 18.3. The number of hydrogen-bond donors (Lipinski definition) is 1. The van der Waals surface area contributed by atoms with Crippen molar-refractivity contribution in [3.05, 3.63) is 58.1 Å². The highest BCUT2D eigenvalue weighted by Gasteiger charge is 2.31. The summed E-state index contributed by atoms with van der Waals surface area (Å²) in [5.74, 6) is 0. The van der Waals surface area contributed by atoms with Crippen molar-refractivity contribution in [3.63, 3.8) is 0 Å². The maximum absolute atomic E-state index is 13.2. The molecule has 0 amide bonds. The monoisotopic (exact) mass is 444 g/mol. The molecule has 0 aliphatic carbocycles. The number of piperidine rings is 1. The van der Waals surface area contributed by atoms with Gasteiger partial charge in [-0.15, -0.1) is 0 Å². The van der Waals surface area contributed by atoms with E-state index < -0.39 is 14.9 Å². The second-order valence-electron chi connectivity index (χ2n) is 8.08. The van der Waals surface area contributed by atoms with E-state index >= 15 is 0 Å². The Hall–Kier alpha value is -2.65. The van der Waals surface area contributed by atoms with Crippen LogP contribution in [0, 0.1) is 10.1 Å². The number of para-hydroxylation sites is 1. The first kappa shape index (κ1) is 21.6. The molecule has 0 atom stereocenters. The standard InChI is InChI=1S/C22H28N4O4S/c27-26(28)19-10-11-20(22(16-19)31(29,30)25-14-6-7-15-25)23-17-18-8-2-3-9-21(18)24-12-4-1-5-13-24/h2-3,8-11,16,23H,1,4-7,12-15,17H2. The van der Waals surface area contributed by atoms with Crippen molar-refractivity contribution in [2.75, 3.05) is 36.4 Å². The second kappa shape index (κ2) is 9.23. The smallest absolute Gasteiger partial charge is 0.270 e. The first-order valence-corrected chi connectivity index (χ1v) is 12.3. The number of sulfonamides is 1. The van der Waals surface area contributed by atoms with Gasteiger partial charge in [0.15, 0.2) is 0 Å². The lowest BCUT2D eigenvalue weighted by Gasteiger charge is -2.30. The molecular weight excluding hydrogens is 416 g/mol. The molecule has 4 rings (SSSR count). The van der Waals surface area contributed by atoms with Gasteiger partial charge in [-0.1, -0.05) is 18.2 Å². The molecule has 1 N–H and O–H groups in total. The molecule has 0 bridgehead atoms. The van der Waals surface area contributed by atoms with Crippen LogP contribution >= 0.6 is 0 Å². The summed E-state index contributed by atoms with van der Waals surface area (Å²) in [6.45, 7) is 3.36. The van der Waals surface area contributed by atoms with Crippen molar-refractivity contribution in [2.45, 2.75) is 43.5 Å². The van der Waals surface area contributed by atoms with Gasteiger partial charge in [0.05, 0.1) is 10.6 Å². The largest absolute Gasteiger partial charge is 0.380 e. The Morgan fingerprint density at radius 2 is 1.61 bits per heavy atom. The molecule has 2 aliphatic heterocycles. The summed E-state index contributed by atoms with van der Waals surface area (Å²) in [6, 6.07) is 12.2. The molecule has 2 saturated heterocycles. The Balaban J connectivity index is 1.63. The lowest BCUT2D eigenvalue weighted by Crippen LogP contribution is -2.30. The maximum Gasteiger partial charge on any atom is 0.270 e. The highest BCUT2D eigenvalue weighted by molar-refractivity contribution is 7.89. The minimum Gasteiger partial charge on any atom is -0.380 e. The Labute approximate surface area is 183 Å². The predicted octanol–water partition coefficient (Wildman–Crippen LogP) is 3.98. The Morgan fingerprint density at radius 1 is 0.935 bits per heavy atom.